The average molecular weight is 164 g/mol. The Hall–Kier alpha value is 0.210. The highest BCUT2D eigenvalue weighted by molar-refractivity contribution is 5.85. The molecule has 10 heavy (non-hydrogen) atoms. The molecule has 1 N–H and O–H groups in total. The highest BCUT2D eigenvalue weighted by Crippen LogP contribution is 2.45. The van der Waals surface area contributed by atoms with E-state index >= 15 is 0 Å². The van der Waals surface area contributed by atoms with Crippen LogP contribution in [0.5, 0.6) is 0 Å². The van der Waals surface area contributed by atoms with E-state index < -0.39 is 0 Å². The third kappa shape index (κ3) is 1.62. The van der Waals surface area contributed by atoms with Crippen molar-refractivity contribution in [3.05, 3.63) is 0 Å². The van der Waals surface area contributed by atoms with Crippen LogP contribution in [0.15, 0.2) is 0 Å². The molecule has 0 aromatic rings. The molecule has 0 unspecified atom stereocenters. The van der Waals surface area contributed by atoms with Crippen molar-refractivity contribution in [2.45, 2.75) is 12.8 Å². The molecule has 0 aromatic heterocycles. The van der Waals surface area contributed by atoms with Crippen molar-refractivity contribution in [3.8, 4) is 0 Å². The molecule has 0 amide bonds. The summed E-state index contributed by atoms with van der Waals surface area (Å²) in [6.45, 7) is 4.14. The van der Waals surface area contributed by atoms with E-state index in [0.717, 1.165) is 19.8 Å². The standard InChI is InChI=1S/C7H13NO.ClH/c1-2-7(1)5-8-3-4-9-6-7;/h8H,1-6H2;1H. The fourth-order valence-electron chi connectivity index (χ4n) is 1.34. The Morgan fingerprint density at radius 1 is 1.30 bits per heavy atom. The number of ether oxygens (including phenoxy) is 1. The SMILES string of the molecule is C1COCC2(CC2)CN1.Cl. The van der Waals surface area contributed by atoms with Crippen LogP contribution in [0.2, 0.25) is 0 Å². The van der Waals surface area contributed by atoms with Crippen molar-refractivity contribution in [1.82, 2.24) is 5.32 Å². The van der Waals surface area contributed by atoms with Crippen molar-refractivity contribution in [2.24, 2.45) is 5.41 Å². The highest BCUT2D eigenvalue weighted by atomic mass is 35.5. The second-order valence-corrected chi connectivity index (χ2v) is 3.23. The number of hydrogen-bond acceptors (Lipinski definition) is 2. The van der Waals surface area contributed by atoms with Gasteiger partial charge < -0.3 is 10.1 Å². The van der Waals surface area contributed by atoms with Crippen LogP contribution in [0.1, 0.15) is 12.8 Å². The molecule has 60 valence electrons. The van der Waals surface area contributed by atoms with E-state index in [1.54, 1.807) is 0 Å². The van der Waals surface area contributed by atoms with E-state index in [4.69, 9.17) is 4.74 Å². The number of halogens is 1. The molecule has 2 fully saturated rings. The summed E-state index contributed by atoms with van der Waals surface area (Å²) in [6.07, 6.45) is 2.75. The minimum absolute atomic E-state index is 0. The highest BCUT2D eigenvalue weighted by Gasteiger charge is 2.43. The van der Waals surface area contributed by atoms with Crippen LogP contribution in [0.4, 0.5) is 0 Å². The fraction of sp³-hybridized carbons (Fsp3) is 1.00. The lowest BCUT2D eigenvalue weighted by atomic mass is 10.1. The summed E-state index contributed by atoms with van der Waals surface area (Å²) in [5.74, 6) is 0. The van der Waals surface area contributed by atoms with Crippen LogP contribution in [-0.4, -0.2) is 26.3 Å². The van der Waals surface area contributed by atoms with E-state index in [1.807, 2.05) is 0 Å². The molecule has 1 saturated carbocycles. The minimum atomic E-state index is 0. The molecular weight excluding hydrogens is 150 g/mol. The summed E-state index contributed by atoms with van der Waals surface area (Å²) >= 11 is 0. The van der Waals surface area contributed by atoms with E-state index in [2.05, 4.69) is 5.32 Å². The zero-order valence-electron chi connectivity index (χ0n) is 6.06. The molecule has 2 rings (SSSR count). The molecule has 0 aromatic carbocycles. The molecule has 2 aliphatic rings. The third-order valence-electron chi connectivity index (χ3n) is 2.29. The zero-order chi connectivity index (χ0) is 6.16. The van der Waals surface area contributed by atoms with Gasteiger partial charge in [0.05, 0.1) is 13.2 Å². The van der Waals surface area contributed by atoms with Gasteiger partial charge in [-0.25, -0.2) is 0 Å². The van der Waals surface area contributed by atoms with Gasteiger partial charge in [0.25, 0.3) is 0 Å². The molecule has 1 spiro atoms. The Labute approximate surface area is 67.7 Å². The van der Waals surface area contributed by atoms with Gasteiger partial charge in [-0.3, -0.25) is 0 Å². The first-order chi connectivity index (χ1) is 4.41. The maximum absolute atomic E-state index is 5.41. The maximum atomic E-state index is 5.41. The second-order valence-electron chi connectivity index (χ2n) is 3.23. The second kappa shape index (κ2) is 3.07. The first kappa shape index (κ1) is 8.31. The van der Waals surface area contributed by atoms with Gasteiger partial charge in [0.15, 0.2) is 0 Å². The number of nitrogens with one attached hydrogen (secondary N) is 1. The molecule has 3 heteroatoms. The normalized spacial score (nSPS) is 28.8. The van der Waals surface area contributed by atoms with Crippen LogP contribution in [0.3, 0.4) is 0 Å². The van der Waals surface area contributed by atoms with E-state index in [1.165, 1.54) is 19.4 Å². The van der Waals surface area contributed by atoms with Gasteiger partial charge >= 0.3 is 0 Å². The molecule has 0 bridgehead atoms. The van der Waals surface area contributed by atoms with Crippen molar-refractivity contribution < 1.29 is 4.74 Å². The van der Waals surface area contributed by atoms with Crippen LogP contribution in [0.25, 0.3) is 0 Å². The Morgan fingerprint density at radius 2 is 2.10 bits per heavy atom. The molecular formula is C7H14ClNO. The van der Waals surface area contributed by atoms with Crippen molar-refractivity contribution in [1.29, 1.82) is 0 Å². The summed E-state index contributed by atoms with van der Waals surface area (Å²) in [7, 11) is 0. The lowest BCUT2D eigenvalue weighted by Gasteiger charge is -2.08. The third-order valence-corrected chi connectivity index (χ3v) is 2.29. The summed E-state index contributed by atoms with van der Waals surface area (Å²) in [5.41, 5.74) is 0.580. The van der Waals surface area contributed by atoms with Gasteiger partial charge in [-0.2, -0.15) is 0 Å². The molecule has 1 saturated heterocycles. The van der Waals surface area contributed by atoms with Gasteiger partial charge in [0.2, 0.25) is 0 Å². The van der Waals surface area contributed by atoms with Gasteiger partial charge in [-0.1, -0.05) is 0 Å². The lowest BCUT2D eigenvalue weighted by molar-refractivity contribution is 0.115. The summed E-state index contributed by atoms with van der Waals surface area (Å²) in [6, 6.07) is 0. The summed E-state index contributed by atoms with van der Waals surface area (Å²) in [5, 5.41) is 3.38. The zero-order valence-corrected chi connectivity index (χ0v) is 6.88. The maximum Gasteiger partial charge on any atom is 0.0591 e. The van der Waals surface area contributed by atoms with Gasteiger partial charge in [0.1, 0.15) is 0 Å². The Bertz CT molecular complexity index is 104. The number of hydrogen-bond donors (Lipinski definition) is 1. The Morgan fingerprint density at radius 3 is 2.80 bits per heavy atom. The smallest absolute Gasteiger partial charge is 0.0591 e. The molecule has 1 heterocycles. The van der Waals surface area contributed by atoms with E-state index in [-0.39, 0.29) is 12.4 Å². The first-order valence-corrected chi connectivity index (χ1v) is 3.70. The van der Waals surface area contributed by atoms with Crippen LogP contribution < -0.4 is 5.32 Å². The summed E-state index contributed by atoms with van der Waals surface area (Å²) in [4.78, 5) is 0. The topological polar surface area (TPSA) is 21.3 Å². The van der Waals surface area contributed by atoms with Gasteiger partial charge in [-0.15, -0.1) is 12.4 Å². The molecule has 0 radical (unpaired) electrons. The Kier molecular flexibility index (Phi) is 2.55. The van der Waals surface area contributed by atoms with Crippen LogP contribution in [-0.2, 0) is 4.74 Å². The van der Waals surface area contributed by atoms with Gasteiger partial charge in [-0.05, 0) is 12.8 Å². The predicted molar refractivity (Wildman–Crippen MR) is 42.6 cm³/mol. The Balaban J connectivity index is 0.000000500. The predicted octanol–water partition coefficient (Wildman–Crippen LogP) is 0.808. The summed E-state index contributed by atoms with van der Waals surface area (Å²) < 4.78 is 5.41. The molecule has 1 aliphatic carbocycles. The lowest BCUT2D eigenvalue weighted by Crippen LogP contribution is -2.23. The van der Waals surface area contributed by atoms with Crippen molar-refractivity contribution >= 4 is 12.4 Å². The largest absolute Gasteiger partial charge is 0.380 e. The monoisotopic (exact) mass is 163 g/mol. The van der Waals surface area contributed by atoms with E-state index in [0.29, 0.717) is 5.41 Å². The van der Waals surface area contributed by atoms with Crippen LogP contribution in [0, 0.1) is 5.41 Å². The average Bonchev–Trinajstić information content (AvgIpc) is 2.64. The van der Waals surface area contributed by atoms with Gasteiger partial charge in [0, 0.05) is 18.5 Å². The van der Waals surface area contributed by atoms with E-state index in [9.17, 15) is 0 Å². The number of rotatable bonds is 0. The van der Waals surface area contributed by atoms with Crippen molar-refractivity contribution in [3.63, 3.8) is 0 Å². The minimum Gasteiger partial charge on any atom is -0.380 e. The quantitative estimate of drug-likeness (QED) is 0.571. The fourth-order valence-corrected chi connectivity index (χ4v) is 1.34. The molecule has 1 aliphatic heterocycles. The van der Waals surface area contributed by atoms with Crippen LogP contribution >= 0.6 is 12.4 Å². The molecule has 2 nitrogen and oxygen atoms in total. The van der Waals surface area contributed by atoms with Crippen molar-refractivity contribution in [2.75, 3.05) is 26.3 Å². The molecule has 0 atom stereocenters. The first-order valence-electron chi connectivity index (χ1n) is 3.70.